The maximum Gasteiger partial charge on any atom is 0.253 e. The molecule has 1 aromatic rings. The molecule has 1 fully saturated rings. The van der Waals surface area contributed by atoms with Crippen LogP contribution in [0.1, 0.15) is 30.1 Å². The van der Waals surface area contributed by atoms with Gasteiger partial charge in [-0.3, -0.25) is 4.79 Å². The van der Waals surface area contributed by atoms with E-state index < -0.39 is 5.82 Å². The molecule has 2 rings (SSSR count). The zero-order chi connectivity index (χ0) is 13.8. The van der Waals surface area contributed by atoms with Gasteiger partial charge in [0.25, 0.3) is 5.91 Å². The second-order valence-electron chi connectivity index (χ2n) is 4.69. The van der Waals surface area contributed by atoms with Gasteiger partial charge in [0.15, 0.2) is 0 Å². The smallest absolute Gasteiger partial charge is 0.253 e. The summed E-state index contributed by atoms with van der Waals surface area (Å²) in [4.78, 5) is 12.1. The van der Waals surface area contributed by atoms with Gasteiger partial charge < -0.3 is 15.4 Å². The van der Waals surface area contributed by atoms with E-state index in [2.05, 4.69) is 10.6 Å². The molecule has 1 aromatic carbocycles. The third kappa shape index (κ3) is 3.04. The summed E-state index contributed by atoms with van der Waals surface area (Å²) in [6.07, 6.45) is 1.85. The number of benzene rings is 1. The van der Waals surface area contributed by atoms with Crippen molar-refractivity contribution in [3.63, 3.8) is 0 Å². The van der Waals surface area contributed by atoms with Crippen LogP contribution in [-0.2, 0) is 4.74 Å². The zero-order valence-corrected chi connectivity index (χ0v) is 11.2. The van der Waals surface area contributed by atoms with Crippen molar-refractivity contribution in [2.45, 2.75) is 31.9 Å². The van der Waals surface area contributed by atoms with Crippen LogP contribution in [0.4, 0.5) is 10.1 Å². The lowest BCUT2D eigenvalue weighted by atomic mass is 9.89. The number of amides is 1. The number of halogens is 1. The lowest BCUT2D eigenvalue weighted by Crippen LogP contribution is -2.47. The van der Waals surface area contributed by atoms with Gasteiger partial charge in [0.05, 0.1) is 17.4 Å². The monoisotopic (exact) mass is 266 g/mol. The van der Waals surface area contributed by atoms with Crippen LogP contribution in [0.2, 0.25) is 0 Å². The summed E-state index contributed by atoms with van der Waals surface area (Å²) in [5, 5.41) is 5.79. The average Bonchev–Trinajstić information content (AvgIpc) is 2.35. The molecule has 1 aliphatic rings. The first-order valence-electron chi connectivity index (χ1n) is 6.51. The van der Waals surface area contributed by atoms with Crippen LogP contribution in [0.25, 0.3) is 0 Å². The first-order valence-corrected chi connectivity index (χ1v) is 6.51. The molecule has 2 N–H and O–H groups in total. The number of para-hydroxylation sites is 1. The maximum absolute atomic E-state index is 13.7. The summed E-state index contributed by atoms with van der Waals surface area (Å²) in [6, 6.07) is 4.64. The topological polar surface area (TPSA) is 50.4 Å². The minimum Gasteiger partial charge on any atom is -0.382 e. The molecule has 0 unspecified atom stereocenters. The fourth-order valence-electron chi connectivity index (χ4n) is 2.21. The van der Waals surface area contributed by atoms with E-state index in [4.69, 9.17) is 4.74 Å². The third-order valence-corrected chi connectivity index (χ3v) is 3.38. The molecule has 0 radical (unpaired) electrons. The number of carbonyl (C=O) groups is 1. The summed E-state index contributed by atoms with van der Waals surface area (Å²) in [6.45, 7) is 2.43. The molecule has 0 bridgehead atoms. The van der Waals surface area contributed by atoms with E-state index in [-0.39, 0.29) is 23.7 Å². The Morgan fingerprint density at radius 2 is 2.21 bits per heavy atom. The van der Waals surface area contributed by atoms with E-state index in [9.17, 15) is 9.18 Å². The summed E-state index contributed by atoms with van der Waals surface area (Å²) in [7, 11) is 1.67. The quantitative estimate of drug-likeness (QED) is 0.858. The number of nitrogens with one attached hydrogen (secondary N) is 2. The predicted octanol–water partition coefficient (Wildman–Crippen LogP) is 2.16. The number of hydrogen-bond acceptors (Lipinski definition) is 3. The van der Waals surface area contributed by atoms with Crippen molar-refractivity contribution in [3.05, 3.63) is 29.6 Å². The highest BCUT2D eigenvalue weighted by atomic mass is 19.1. The molecule has 0 aliphatic heterocycles. The SMILES string of the molecule is CCNc1c(F)cccc1C(=O)NC1CC(OC)C1. The number of carbonyl (C=O) groups excluding carboxylic acids is 1. The van der Waals surface area contributed by atoms with Gasteiger partial charge in [0, 0.05) is 19.7 Å². The summed E-state index contributed by atoms with van der Waals surface area (Å²) < 4.78 is 18.8. The Morgan fingerprint density at radius 3 is 2.84 bits per heavy atom. The summed E-state index contributed by atoms with van der Waals surface area (Å²) in [5.41, 5.74) is 0.618. The van der Waals surface area contributed by atoms with Crippen LogP contribution in [-0.4, -0.2) is 31.7 Å². The van der Waals surface area contributed by atoms with Crippen molar-refractivity contribution in [1.82, 2.24) is 5.32 Å². The molecule has 0 heterocycles. The van der Waals surface area contributed by atoms with Crippen LogP contribution < -0.4 is 10.6 Å². The lowest BCUT2D eigenvalue weighted by Gasteiger charge is -2.34. The minimum absolute atomic E-state index is 0.121. The van der Waals surface area contributed by atoms with E-state index in [1.165, 1.54) is 6.07 Å². The molecule has 0 saturated heterocycles. The van der Waals surface area contributed by atoms with Crippen molar-refractivity contribution >= 4 is 11.6 Å². The third-order valence-electron chi connectivity index (χ3n) is 3.38. The van der Waals surface area contributed by atoms with Gasteiger partial charge in [-0.15, -0.1) is 0 Å². The molecule has 0 spiro atoms. The Labute approximate surface area is 112 Å². The Bertz CT molecular complexity index is 459. The molecule has 0 aromatic heterocycles. The molecule has 0 atom stereocenters. The molecule has 5 heteroatoms. The van der Waals surface area contributed by atoms with Gasteiger partial charge in [-0.25, -0.2) is 4.39 Å². The molecule has 104 valence electrons. The van der Waals surface area contributed by atoms with Crippen LogP contribution >= 0.6 is 0 Å². The van der Waals surface area contributed by atoms with E-state index >= 15 is 0 Å². The van der Waals surface area contributed by atoms with Crippen molar-refractivity contribution in [2.75, 3.05) is 19.0 Å². The van der Waals surface area contributed by atoms with Crippen LogP contribution in [0, 0.1) is 5.82 Å². The van der Waals surface area contributed by atoms with Gasteiger partial charge in [0.1, 0.15) is 5.82 Å². The van der Waals surface area contributed by atoms with Gasteiger partial charge >= 0.3 is 0 Å². The van der Waals surface area contributed by atoms with Gasteiger partial charge in [-0.1, -0.05) is 6.07 Å². The number of methoxy groups -OCH3 is 1. The van der Waals surface area contributed by atoms with E-state index in [1.807, 2.05) is 6.92 Å². The second-order valence-corrected chi connectivity index (χ2v) is 4.69. The molecular weight excluding hydrogens is 247 g/mol. The summed E-state index contributed by atoms with van der Waals surface area (Å²) in [5.74, 6) is -0.645. The molecule has 1 amide bonds. The highest BCUT2D eigenvalue weighted by molar-refractivity contribution is 5.99. The first kappa shape index (κ1) is 13.8. The Balaban J connectivity index is 2.05. The lowest BCUT2D eigenvalue weighted by molar-refractivity contribution is 0.0176. The Morgan fingerprint density at radius 1 is 1.47 bits per heavy atom. The zero-order valence-electron chi connectivity index (χ0n) is 11.2. The standard InChI is InChI=1S/C14H19FN2O2/c1-3-16-13-11(5-4-6-12(13)15)14(18)17-9-7-10(8-9)19-2/h4-6,9-10,16H,3,7-8H2,1-2H3,(H,17,18). The van der Waals surface area contributed by atoms with Crippen molar-refractivity contribution < 1.29 is 13.9 Å². The molecule has 1 saturated carbocycles. The van der Waals surface area contributed by atoms with Crippen LogP contribution in [0.15, 0.2) is 18.2 Å². The van der Waals surface area contributed by atoms with Crippen LogP contribution in [0.3, 0.4) is 0 Å². The fourth-order valence-corrected chi connectivity index (χ4v) is 2.21. The van der Waals surface area contributed by atoms with Gasteiger partial charge in [-0.05, 0) is 31.9 Å². The predicted molar refractivity (Wildman–Crippen MR) is 71.8 cm³/mol. The van der Waals surface area contributed by atoms with E-state index in [1.54, 1.807) is 19.2 Å². The Kier molecular flexibility index (Phi) is 4.37. The largest absolute Gasteiger partial charge is 0.382 e. The number of hydrogen-bond donors (Lipinski definition) is 2. The Hall–Kier alpha value is -1.62. The first-order chi connectivity index (χ1) is 9.15. The van der Waals surface area contributed by atoms with Crippen molar-refractivity contribution in [3.8, 4) is 0 Å². The fraction of sp³-hybridized carbons (Fsp3) is 0.500. The second kappa shape index (κ2) is 6.02. The number of anilines is 1. The van der Waals surface area contributed by atoms with Crippen molar-refractivity contribution in [1.29, 1.82) is 0 Å². The highest BCUT2D eigenvalue weighted by Gasteiger charge is 2.30. The summed E-state index contributed by atoms with van der Waals surface area (Å²) >= 11 is 0. The van der Waals surface area contributed by atoms with Gasteiger partial charge in [0.2, 0.25) is 0 Å². The average molecular weight is 266 g/mol. The van der Waals surface area contributed by atoms with E-state index in [0.717, 1.165) is 12.8 Å². The molecule has 4 nitrogen and oxygen atoms in total. The van der Waals surface area contributed by atoms with Gasteiger partial charge in [-0.2, -0.15) is 0 Å². The van der Waals surface area contributed by atoms with Crippen molar-refractivity contribution in [2.24, 2.45) is 0 Å². The highest BCUT2D eigenvalue weighted by Crippen LogP contribution is 2.24. The number of rotatable bonds is 5. The molecule has 19 heavy (non-hydrogen) atoms. The number of ether oxygens (including phenoxy) is 1. The molecular formula is C14H19FN2O2. The minimum atomic E-state index is -0.405. The van der Waals surface area contributed by atoms with Crippen LogP contribution in [0.5, 0.6) is 0 Å². The maximum atomic E-state index is 13.7. The van der Waals surface area contributed by atoms with E-state index in [0.29, 0.717) is 12.1 Å². The molecule has 1 aliphatic carbocycles. The normalized spacial score (nSPS) is 21.6.